The van der Waals surface area contributed by atoms with Crippen LogP contribution in [-0.2, 0) is 19.6 Å². The summed E-state index contributed by atoms with van der Waals surface area (Å²) in [6.45, 7) is 13.2. The van der Waals surface area contributed by atoms with Crippen molar-refractivity contribution in [2.75, 3.05) is 13.2 Å². The first-order valence-electron chi connectivity index (χ1n) is 7.32. The summed E-state index contributed by atoms with van der Waals surface area (Å²) in [7, 11) is 0. The SMILES string of the molecule is CC(C)(C)OOCCCCCCCOOC(C)(C)C. The minimum atomic E-state index is -0.218. The highest BCUT2D eigenvalue weighted by atomic mass is 17.2. The fourth-order valence-electron chi connectivity index (χ4n) is 1.29. The predicted molar refractivity (Wildman–Crippen MR) is 76.7 cm³/mol. The lowest BCUT2D eigenvalue weighted by Crippen LogP contribution is -2.19. The van der Waals surface area contributed by atoms with Crippen molar-refractivity contribution in [2.45, 2.75) is 84.8 Å². The van der Waals surface area contributed by atoms with E-state index < -0.39 is 0 Å². The molecule has 0 unspecified atom stereocenters. The lowest BCUT2D eigenvalue weighted by molar-refractivity contribution is -0.349. The summed E-state index contributed by atoms with van der Waals surface area (Å²) in [5.41, 5.74) is -0.436. The molecule has 0 rings (SSSR count). The summed E-state index contributed by atoms with van der Waals surface area (Å²) < 4.78 is 0. The van der Waals surface area contributed by atoms with E-state index >= 15 is 0 Å². The number of rotatable bonds is 10. The summed E-state index contributed by atoms with van der Waals surface area (Å²) in [4.78, 5) is 20.6. The molecule has 4 nitrogen and oxygen atoms in total. The van der Waals surface area contributed by atoms with Crippen LogP contribution in [0.1, 0.15) is 73.6 Å². The van der Waals surface area contributed by atoms with E-state index in [1.54, 1.807) is 0 Å². The number of unbranched alkanes of at least 4 members (excludes halogenated alkanes) is 4. The fourth-order valence-corrected chi connectivity index (χ4v) is 1.29. The monoisotopic (exact) mass is 276 g/mol. The third kappa shape index (κ3) is 17.8. The molecule has 0 spiro atoms. The lowest BCUT2D eigenvalue weighted by atomic mass is 10.1. The molecule has 0 saturated heterocycles. The van der Waals surface area contributed by atoms with Gasteiger partial charge < -0.3 is 0 Å². The van der Waals surface area contributed by atoms with Gasteiger partial charge in [0.2, 0.25) is 0 Å². The van der Waals surface area contributed by atoms with Gasteiger partial charge in [-0.15, -0.1) is 0 Å². The summed E-state index contributed by atoms with van der Waals surface area (Å²) >= 11 is 0. The van der Waals surface area contributed by atoms with E-state index in [0.29, 0.717) is 13.2 Å². The molecule has 0 atom stereocenters. The maximum atomic E-state index is 5.18. The number of hydrogen-bond acceptors (Lipinski definition) is 4. The van der Waals surface area contributed by atoms with Crippen LogP contribution in [0.3, 0.4) is 0 Å². The molecule has 0 N–H and O–H groups in total. The molecule has 0 aromatic heterocycles. The van der Waals surface area contributed by atoms with Crippen LogP contribution in [0.2, 0.25) is 0 Å². The van der Waals surface area contributed by atoms with Gasteiger partial charge in [-0.3, -0.25) is 0 Å². The Balaban J connectivity index is 3.12. The first kappa shape index (κ1) is 18.8. The van der Waals surface area contributed by atoms with Gasteiger partial charge in [-0.25, -0.2) is 19.6 Å². The Morgan fingerprint density at radius 1 is 0.526 bits per heavy atom. The van der Waals surface area contributed by atoms with Crippen LogP contribution in [0.4, 0.5) is 0 Å². The number of hydrogen-bond donors (Lipinski definition) is 0. The van der Waals surface area contributed by atoms with Crippen molar-refractivity contribution < 1.29 is 19.6 Å². The molecule has 0 aromatic carbocycles. The van der Waals surface area contributed by atoms with E-state index in [0.717, 1.165) is 25.7 Å². The standard InChI is InChI=1S/C15H32O4/c1-14(2,3)18-16-12-10-8-7-9-11-13-17-19-15(4,5)6/h7-13H2,1-6H3. The van der Waals surface area contributed by atoms with Gasteiger partial charge in [0.25, 0.3) is 0 Å². The molecule has 0 aliphatic carbocycles. The average Bonchev–Trinajstić information content (AvgIpc) is 2.22. The van der Waals surface area contributed by atoms with Gasteiger partial charge in [0.05, 0.1) is 24.4 Å². The highest BCUT2D eigenvalue weighted by molar-refractivity contribution is 4.55. The van der Waals surface area contributed by atoms with Crippen molar-refractivity contribution in [2.24, 2.45) is 0 Å². The largest absolute Gasteiger partial charge is 0.236 e. The Kier molecular flexibility index (Phi) is 9.62. The van der Waals surface area contributed by atoms with E-state index in [9.17, 15) is 0 Å². The molecule has 4 heteroatoms. The maximum absolute atomic E-state index is 5.18. The van der Waals surface area contributed by atoms with Crippen LogP contribution in [0, 0.1) is 0 Å². The van der Waals surface area contributed by atoms with Crippen LogP contribution < -0.4 is 0 Å². The van der Waals surface area contributed by atoms with Gasteiger partial charge in [0, 0.05) is 0 Å². The summed E-state index contributed by atoms with van der Waals surface area (Å²) in [5.74, 6) is 0. The Labute approximate surface area is 118 Å². The van der Waals surface area contributed by atoms with Gasteiger partial charge >= 0.3 is 0 Å². The van der Waals surface area contributed by atoms with Crippen molar-refractivity contribution in [1.29, 1.82) is 0 Å². The zero-order valence-corrected chi connectivity index (χ0v) is 13.6. The van der Waals surface area contributed by atoms with Crippen molar-refractivity contribution in [3.05, 3.63) is 0 Å². The van der Waals surface area contributed by atoms with E-state index in [2.05, 4.69) is 0 Å². The maximum Gasteiger partial charge on any atom is 0.0952 e. The predicted octanol–water partition coefficient (Wildman–Crippen LogP) is 4.43. The van der Waals surface area contributed by atoms with Crippen molar-refractivity contribution in [1.82, 2.24) is 0 Å². The van der Waals surface area contributed by atoms with Crippen molar-refractivity contribution >= 4 is 0 Å². The Morgan fingerprint density at radius 3 is 1.16 bits per heavy atom. The molecule has 0 aromatic rings. The normalized spacial score (nSPS) is 12.9. The lowest BCUT2D eigenvalue weighted by Gasteiger charge is -2.17. The molecule has 0 heterocycles. The van der Waals surface area contributed by atoms with E-state index in [1.165, 1.54) is 6.42 Å². The minimum absolute atomic E-state index is 0.218. The first-order chi connectivity index (χ1) is 8.71. The van der Waals surface area contributed by atoms with Crippen LogP contribution in [0.15, 0.2) is 0 Å². The first-order valence-corrected chi connectivity index (χ1v) is 7.32. The van der Waals surface area contributed by atoms with Gasteiger partial charge in [-0.2, -0.15) is 0 Å². The minimum Gasteiger partial charge on any atom is -0.236 e. The van der Waals surface area contributed by atoms with E-state index in [4.69, 9.17) is 19.6 Å². The summed E-state index contributed by atoms with van der Waals surface area (Å²) in [6.07, 6.45) is 5.59. The van der Waals surface area contributed by atoms with Crippen molar-refractivity contribution in [3.63, 3.8) is 0 Å². The van der Waals surface area contributed by atoms with Crippen LogP contribution in [0.25, 0.3) is 0 Å². The van der Waals surface area contributed by atoms with Gasteiger partial charge in [-0.05, 0) is 54.4 Å². The second kappa shape index (κ2) is 9.70. The zero-order chi connectivity index (χ0) is 14.8. The second-order valence-corrected chi connectivity index (χ2v) is 6.80. The zero-order valence-electron chi connectivity index (χ0n) is 13.6. The average molecular weight is 276 g/mol. The highest BCUT2D eigenvalue weighted by Crippen LogP contribution is 2.10. The fraction of sp³-hybridized carbons (Fsp3) is 1.00. The van der Waals surface area contributed by atoms with E-state index in [-0.39, 0.29) is 11.2 Å². The molecule has 0 radical (unpaired) electrons. The third-order valence-electron chi connectivity index (χ3n) is 2.07. The van der Waals surface area contributed by atoms with Crippen LogP contribution in [0.5, 0.6) is 0 Å². The highest BCUT2D eigenvalue weighted by Gasteiger charge is 2.11. The van der Waals surface area contributed by atoms with Crippen LogP contribution >= 0.6 is 0 Å². The molecule has 116 valence electrons. The second-order valence-electron chi connectivity index (χ2n) is 6.80. The molecular weight excluding hydrogens is 244 g/mol. The summed E-state index contributed by atoms with van der Waals surface area (Å²) in [5, 5.41) is 0. The molecule has 19 heavy (non-hydrogen) atoms. The molecule has 0 fully saturated rings. The van der Waals surface area contributed by atoms with Gasteiger partial charge in [0.15, 0.2) is 0 Å². The molecule has 0 aliphatic heterocycles. The molecule has 0 amide bonds. The molecular formula is C15H32O4. The van der Waals surface area contributed by atoms with Crippen molar-refractivity contribution in [3.8, 4) is 0 Å². The Bertz CT molecular complexity index is 181. The van der Waals surface area contributed by atoms with Gasteiger partial charge in [0.1, 0.15) is 0 Å². The summed E-state index contributed by atoms with van der Waals surface area (Å²) in [6, 6.07) is 0. The smallest absolute Gasteiger partial charge is 0.0952 e. The van der Waals surface area contributed by atoms with Crippen LogP contribution in [-0.4, -0.2) is 24.4 Å². The van der Waals surface area contributed by atoms with E-state index in [1.807, 2.05) is 41.5 Å². The molecule has 0 aliphatic rings. The molecule has 0 bridgehead atoms. The Hall–Kier alpha value is -0.160. The topological polar surface area (TPSA) is 36.9 Å². The Morgan fingerprint density at radius 2 is 0.842 bits per heavy atom. The quantitative estimate of drug-likeness (QED) is 0.336. The third-order valence-corrected chi connectivity index (χ3v) is 2.07. The van der Waals surface area contributed by atoms with Gasteiger partial charge in [-0.1, -0.05) is 19.3 Å². The molecule has 0 saturated carbocycles.